The molecule has 6 heteroatoms. The Labute approximate surface area is 117 Å². The zero-order valence-corrected chi connectivity index (χ0v) is 11.5. The highest BCUT2D eigenvalue weighted by molar-refractivity contribution is 7.84. The third kappa shape index (κ3) is 3.14. The molecule has 2 aromatic rings. The van der Waals surface area contributed by atoms with Gasteiger partial charge in [0, 0.05) is 17.3 Å². The van der Waals surface area contributed by atoms with Crippen LogP contribution in [0.4, 0.5) is 14.5 Å². The summed E-state index contributed by atoms with van der Waals surface area (Å²) in [6, 6.07) is 8.14. The second-order valence-corrected chi connectivity index (χ2v) is 5.56. The van der Waals surface area contributed by atoms with Crippen molar-refractivity contribution in [3.63, 3.8) is 0 Å². The van der Waals surface area contributed by atoms with Crippen molar-refractivity contribution in [2.75, 3.05) is 12.8 Å². The van der Waals surface area contributed by atoms with E-state index >= 15 is 0 Å². The maximum atomic E-state index is 13.7. The summed E-state index contributed by atoms with van der Waals surface area (Å²) in [4.78, 5) is 0.00872. The number of benzene rings is 2. The summed E-state index contributed by atoms with van der Waals surface area (Å²) >= 11 is 0. The number of nitrogen functional groups attached to an aromatic ring is 1. The molecular weight excluding hydrogens is 284 g/mol. The molecule has 20 heavy (non-hydrogen) atoms. The molecule has 0 saturated heterocycles. The number of ether oxygens (including phenoxy) is 1. The standard InChI is InChI=1S/C14H13F2NO2S/c1-19-11-4-2-9(12(15)7-11)8-20(18)14-5-3-10(17)6-13(14)16/h2-7H,8,17H2,1H3. The van der Waals surface area contributed by atoms with Crippen molar-refractivity contribution >= 4 is 16.5 Å². The molecule has 2 rings (SSSR count). The summed E-state index contributed by atoms with van der Waals surface area (Å²) in [7, 11) is -0.258. The van der Waals surface area contributed by atoms with E-state index in [2.05, 4.69) is 0 Å². The van der Waals surface area contributed by atoms with E-state index in [1.165, 1.54) is 31.4 Å². The fourth-order valence-corrected chi connectivity index (χ4v) is 2.86. The number of methoxy groups -OCH3 is 1. The van der Waals surface area contributed by atoms with Crippen LogP contribution in [-0.2, 0) is 16.6 Å². The number of nitrogens with two attached hydrogens (primary N) is 1. The quantitative estimate of drug-likeness (QED) is 0.883. The van der Waals surface area contributed by atoms with Gasteiger partial charge in [-0.15, -0.1) is 0 Å². The van der Waals surface area contributed by atoms with E-state index in [-0.39, 0.29) is 21.9 Å². The van der Waals surface area contributed by atoms with Gasteiger partial charge < -0.3 is 10.5 Å². The molecule has 1 atom stereocenters. The second kappa shape index (κ2) is 6.00. The topological polar surface area (TPSA) is 52.3 Å². The highest BCUT2D eigenvalue weighted by Gasteiger charge is 2.14. The van der Waals surface area contributed by atoms with Crippen molar-refractivity contribution in [3.8, 4) is 5.75 Å². The summed E-state index contributed by atoms with van der Waals surface area (Å²) in [5.41, 5.74) is 5.91. The van der Waals surface area contributed by atoms with Gasteiger partial charge in [-0.25, -0.2) is 8.78 Å². The van der Waals surface area contributed by atoms with Gasteiger partial charge in [0.2, 0.25) is 0 Å². The number of rotatable bonds is 4. The fourth-order valence-electron chi connectivity index (χ4n) is 1.69. The largest absolute Gasteiger partial charge is 0.497 e. The molecular formula is C14H13F2NO2S. The van der Waals surface area contributed by atoms with E-state index in [0.29, 0.717) is 5.75 Å². The molecule has 106 valence electrons. The Morgan fingerprint density at radius 3 is 2.50 bits per heavy atom. The Hall–Kier alpha value is -1.95. The Kier molecular flexibility index (Phi) is 4.34. The van der Waals surface area contributed by atoms with Crippen molar-refractivity contribution in [3.05, 3.63) is 53.6 Å². The molecule has 0 aromatic heterocycles. The molecule has 0 bridgehead atoms. The van der Waals surface area contributed by atoms with Gasteiger partial charge in [0.05, 0.1) is 28.6 Å². The van der Waals surface area contributed by atoms with E-state index in [9.17, 15) is 13.0 Å². The summed E-state index contributed by atoms with van der Waals surface area (Å²) in [6.45, 7) is 0. The first kappa shape index (κ1) is 14.5. The van der Waals surface area contributed by atoms with Gasteiger partial charge in [0.15, 0.2) is 0 Å². The second-order valence-electron chi connectivity index (χ2n) is 4.14. The average Bonchev–Trinajstić information content (AvgIpc) is 2.40. The van der Waals surface area contributed by atoms with Gasteiger partial charge in [-0.2, -0.15) is 0 Å². The number of hydrogen-bond donors (Lipinski definition) is 1. The minimum absolute atomic E-state index is 0.00872. The van der Waals surface area contributed by atoms with Crippen molar-refractivity contribution in [1.82, 2.24) is 0 Å². The Morgan fingerprint density at radius 1 is 1.15 bits per heavy atom. The average molecular weight is 297 g/mol. The molecule has 0 radical (unpaired) electrons. The Balaban J connectivity index is 2.23. The third-order valence-corrected chi connectivity index (χ3v) is 4.14. The summed E-state index contributed by atoms with van der Waals surface area (Å²) in [5, 5.41) is 0. The number of anilines is 1. The van der Waals surface area contributed by atoms with E-state index in [0.717, 1.165) is 6.07 Å². The first-order valence-electron chi connectivity index (χ1n) is 5.77. The van der Waals surface area contributed by atoms with Crippen LogP contribution in [0.5, 0.6) is 5.75 Å². The lowest BCUT2D eigenvalue weighted by molar-refractivity contribution is 0.411. The van der Waals surface area contributed by atoms with Gasteiger partial charge in [-0.1, -0.05) is 6.07 Å². The zero-order valence-electron chi connectivity index (χ0n) is 10.7. The normalized spacial score (nSPS) is 12.2. The third-order valence-electron chi connectivity index (χ3n) is 2.75. The number of halogens is 2. The van der Waals surface area contributed by atoms with Gasteiger partial charge in [0.1, 0.15) is 17.4 Å². The van der Waals surface area contributed by atoms with Crippen LogP contribution >= 0.6 is 0 Å². The predicted molar refractivity (Wildman–Crippen MR) is 73.9 cm³/mol. The van der Waals surface area contributed by atoms with E-state index in [4.69, 9.17) is 10.5 Å². The minimum Gasteiger partial charge on any atom is -0.497 e. The molecule has 0 saturated carbocycles. The van der Waals surface area contributed by atoms with E-state index in [1.807, 2.05) is 0 Å². The van der Waals surface area contributed by atoms with Gasteiger partial charge in [-0.05, 0) is 24.3 Å². The van der Waals surface area contributed by atoms with Crippen molar-refractivity contribution in [1.29, 1.82) is 0 Å². The molecule has 0 fully saturated rings. The van der Waals surface area contributed by atoms with Crippen LogP contribution in [-0.4, -0.2) is 11.3 Å². The van der Waals surface area contributed by atoms with Crippen molar-refractivity contribution in [2.45, 2.75) is 10.6 Å². The van der Waals surface area contributed by atoms with Crippen LogP contribution in [0.2, 0.25) is 0 Å². The molecule has 0 aliphatic heterocycles. The van der Waals surface area contributed by atoms with E-state index < -0.39 is 22.4 Å². The van der Waals surface area contributed by atoms with Crippen LogP contribution in [0.3, 0.4) is 0 Å². The smallest absolute Gasteiger partial charge is 0.141 e. The molecule has 0 spiro atoms. The van der Waals surface area contributed by atoms with Crippen molar-refractivity contribution in [2.24, 2.45) is 0 Å². The highest BCUT2D eigenvalue weighted by Crippen LogP contribution is 2.22. The molecule has 2 aromatic carbocycles. The van der Waals surface area contributed by atoms with Crippen LogP contribution in [0, 0.1) is 11.6 Å². The van der Waals surface area contributed by atoms with Gasteiger partial charge in [0.25, 0.3) is 0 Å². The lowest BCUT2D eigenvalue weighted by Gasteiger charge is -2.07. The summed E-state index contributed by atoms with van der Waals surface area (Å²) in [6.07, 6.45) is 0. The first-order valence-corrected chi connectivity index (χ1v) is 7.09. The lowest BCUT2D eigenvalue weighted by Crippen LogP contribution is -2.02. The Morgan fingerprint density at radius 2 is 1.90 bits per heavy atom. The minimum atomic E-state index is -1.68. The molecule has 1 unspecified atom stereocenters. The molecule has 0 amide bonds. The highest BCUT2D eigenvalue weighted by atomic mass is 32.2. The van der Waals surface area contributed by atoms with Crippen LogP contribution in [0.1, 0.15) is 5.56 Å². The Bertz CT molecular complexity index is 662. The molecule has 0 aliphatic rings. The molecule has 0 heterocycles. The SMILES string of the molecule is COc1ccc(CS(=O)c2ccc(N)cc2F)c(F)c1. The van der Waals surface area contributed by atoms with Gasteiger partial charge >= 0.3 is 0 Å². The van der Waals surface area contributed by atoms with Crippen molar-refractivity contribution < 1.29 is 17.7 Å². The van der Waals surface area contributed by atoms with Crippen LogP contribution in [0.25, 0.3) is 0 Å². The molecule has 2 N–H and O–H groups in total. The predicted octanol–water partition coefficient (Wildman–Crippen LogP) is 2.86. The molecule has 3 nitrogen and oxygen atoms in total. The van der Waals surface area contributed by atoms with E-state index in [1.54, 1.807) is 6.07 Å². The molecule has 0 aliphatic carbocycles. The maximum Gasteiger partial charge on any atom is 0.141 e. The van der Waals surface area contributed by atoms with Gasteiger partial charge in [-0.3, -0.25) is 4.21 Å². The lowest BCUT2D eigenvalue weighted by atomic mass is 10.2. The monoisotopic (exact) mass is 297 g/mol. The summed E-state index contributed by atoms with van der Waals surface area (Å²) in [5.74, 6) is -0.932. The zero-order chi connectivity index (χ0) is 14.7. The van der Waals surface area contributed by atoms with Crippen LogP contribution < -0.4 is 10.5 Å². The maximum absolute atomic E-state index is 13.7. The fraction of sp³-hybridized carbons (Fsp3) is 0.143. The summed E-state index contributed by atoms with van der Waals surface area (Å²) < 4.78 is 44.4. The number of hydrogen-bond acceptors (Lipinski definition) is 3. The van der Waals surface area contributed by atoms with Crippen LogP contribution in [0.15, 0.2) is 41.3 Å². The first-order chi connectivity index (χ1) is 9.51.